The number of carboxylic acid groups (broad SMARTS) is 1. The predicted octanol–water partition coefficient (Wildman–Crippen LogP) is 0.500. The first-order chi connectivity index (χ1) is 13.4. The molecule has 0 saturated carbocycles. The minimum Gasteiger partial charge on any atom is -0.550 e. The number of carbonyl (C=O) groups is 1. The second-order valence-corrected chi connectivity index (χ2v) is 7.79. The maximum atomic E-state index is 14.2. The van der Waals surface area contributed by atoms with Crippen molar-refractivity contribution in [2.75, 3.05) is 18.0 Å². The molecule has 2 aromatic rings. The van der Waals surface area contributed by atoms with Gasteiger partial charge in [0.05, 0.1) is 5.69 Å². The normalized spacial score (nSPS) is 13.0. The van der Waals surface area contributed by atoms with Gasteiger partial charge in [-0.25, -0.2) is 4.39 Å². The van der Waals surface area contributed by atoms with Gasteiger partial charge in [0.2, 0.25) is 0 Å². The predicted molar refractivity (Wildman–Crippen MR) is 106 cm³/mol. The molecular formula is C23H27FNNaO3. The third kappa shape index (κ3) is 6.46. The number of halogens is 1. The Bertz CT molecular complexity index is 841. The molecule has 0 aromatic heterocycles. The Morgan fingerprint density at radius 3 is 2.76 bits per heavy atom. The van der Waals surface area contributed by atoms with Crippen LogP contribution in [0.3, 0.4) is 0 Å². The van der Waals surface area contributed by atoms with Crippen LogP contribution in [0.4, 0.5) is 10.1 Å². The SMILES string of the molecule is CC(C)CN1CCCc2cccc(OCc3ccc(CCC(=O)[O-])c(F)c3)c21.[Na+]. The van der Waals surface area contributed by atoms with Crippen molar-refractivity contribution >= 4 is 11.7 Å². The van der Waals surface area contributed by atoms with Crippen molar-refractivity contribution in [2.24, 2.45) is 5.92 Å². The summed E-state index contributed by atoms with van der Waals surface area (Å²) in [5, 5.41) is 10.6. The van der Waals surface area contributed by atoms with Crippen LogP contribution in [0.1, 0.15) is 43.4 Å². The molecule has 0 radical (unpaired) electrons. The first-order valence-electron chi connectivity index (χ1n) is 9.91. The number of ether oxygens (including phenoxy) is 1. The van der Waals surface area contributed by atoms with Crippen molar-refractivity contribution in [1.82, 2.24) is 0 Å². The van der Waals surface area contributed by atoms with E-state index < -0.39 is 11.8 Å². The van der Waals surface area contributed by atoms with Gasteiger partial charge in [0.1, 0.15) is 18.2 Å². The van der Waals surface area contributed by atoms with Crippen molar-refractivity contribution in [2.45, 2.75) is 46.1 Å². The van der Waals surface area contributed by atoms with E-state index in [1.54, 1.807) is 12.1 Å². The molecular weight excluding hydrogens is 380 g/mol. The van der Waals surface area contributed by atoms with Crippen molar-refractivity contribution < 1.29 is 48.6 Å². The van der Waals surface area contributed by atoms with Gasteiger partial charge in [-0.3, -0.25) is 0 Å². The number of para-hydroxylation sites is 1. The summed E-state index contributed by atoms with van der Waals surface area (Å²) in [5.41, 5.74) is 3.56. The summed E-state index contributed by atoms with van der Waals surface area (Å²) < 4.78 is 20.3. The number of benzene rings is 2. The summed E-state index contributed by atoms with van der Waals surface area (Å²) in [6, 6.07) is 11.0. The number of carboxylic acids is 1. The fourth-order valence-corrected chi connectivity index (χ4v) is 3.72. The van der Waals surface area contributed by atoms with E-state index in [1.165, 1.54) is 11.6 Å². The van der Waals surface area contributed by atoms with E-state index in [0.29, 0.717) is 11.5 Å². The van der Waals surface area contributed by atoms with Gasteiger partial charge in [-0.2, -0.15) is 0 Å². The van der Waals surface area contributed by atoms with Gasteiger partial charge < -0.3 is 19.5 Å². The van der Waals surface area contributed by atoms with Gasteiger partial charge in [0, 0.05) is 19.1 Å². The Balaban J connectivity index is 0.00000300. The number of carbonyl (C=O) groups excluding carboxylic acids is 1. The standard InChI is InChI=1S/C23H28FNO3.Na/c1-16(2)14-25-12-4-6-19-5-3-7-21(23(19)25)28-15-17-8-9-18(20(24)13-17)10-11-22(26)27;/h3,5,7-9,13,16H,4,6,10-12,14-15H2,1-2H3,(H,26,27);/q;+1/p-1. The Hall–Kier alpha value is -1.56. The second-order valence-electron chi connectivity index (χ2n) is 7.79. The Morgan fingerprint density at radius 1 is 1.28 bits per heavy atom. The van der Waals surface area contributed by atoms with Crippen LogP contribution in [-0.2, 0) is 24.2 Å². The molecule has 0 saturated heterocycles. The molecule has 0 unspecified atom stereocenters. The number of nitrogens with zero attached hydrogens (tertiary/aromatic N) is 1. The number of aryl methyl sites for hydroxylation is 2. The van der Waals surface area contributed by atoms with Crippen LogP contribution in [0.15, 0.2) is 36.4 Å². The third-order valence-corrected chi connectivity index (χ3v) is 4.97. The summed E-state index contributed by atoms with van der Waals surface area (Å²) in [7, 11) is 0. The molecule has 4 nitrogen and oxygen atoms in total. The van der Waals surface area contributed by atoms with Gasteiger partial charge in [-0.1, -0.05) is 38.1 Å². The van der Waals surface area contributed by atoms with Crippen LogP contribution in [0.5, 0.6) is 5.75 Å². The molecule has 6 heteroatoms. The topological polar surface area (TPSA) is 52.6 Å². The van der Waals surface area contributed by atoms with E-state index >= 15 is 0 Å². The molecule has 0 aliphatic carbocycles. The minimum absolute atomic E-state index is 0. The number of anilines is 1. The van der Waals surface area contributed by atoms with Crippen molar-refractivity contribution in [3.05, 3.63) is 58.9 Å². The van der Waals surface area contributed by atoms with Gasteiger partial charge in [0.15, 0.2) is 0 Å². The molecule has 0 N–H and O–H groups in total. The third-order valence-electron chi connectivity index (χ3n) is 4.97. The Kier molecular flexibility index (Phi) is 9.00. The van der Waals surface area contributed by atoms with Crippen LogP contribution in [0.25, 0.3) is 0 Å². The van der Waals surface area contributed by atoms with E-state index in [0.717, 1.165) is 42.9 Å². The zero-order chi connectivity index (χ0) is 20.1. The van der Waals surface area contributed by atoms with Gasteiger partial charge in [0.25, 0.3) is 0 Å². The molecule has 3 rings (SSSR count). The number of aliphatic carboxylic acids is 1. The summed E-state index contributed by atoms with van der Waals surface area (Å²) in [6.07, 6.45) is 2.13. The second kappa shape index (κ2) is 11.0. The molecule has 1 aliphatic heterocycles. The quantitative estimate of drug-likeness (QED) is 0.598. The molecule has 0 fully saturated rings. The molecule has 0 amide bonds. The maximum Gasteiger partial charge on any atom is 1.00 e. The zero-order valence-corrected chi connectivity index (χ0v) is 19.5. The van der Waals surface area contributed by atoms with Crippen LogP contribution in [-0.4, -0.2) is 19.1 Å². The van der Waals surface area contributed by atoms with Crippen LogP contribution in [0.2, 0.25) is 0 Å². The average Bonchev–Trinajstić information content (AvgIpc) is 2.65. The molecule has 150 valence electrons. The fraction of sp³-hybridized carbons (Fsp3) is 0.435. The minimum atomic E-state index is -1.17. The van der Waals surface area contributed by atoms with Crippen molar-refractivity contribution in [3.63, 3.8) is 0 Å². The molecule has 29 heavy (non-hydrogen) atoms. The van der Waals surface area contributed by atoms with E-state index in [2.05, 4.69) is 24.8 Å². The van der Waals surface area contributed by atoms with Crippen LogP contribution in [0, 0.1) is 11.7 Å². The molecule has 2 aromatic carbocycles. The van der Waals surface area contributed by atoms with Gasteiger partial charge >= 0.3 is 29.6 Å². The number of fused-ring (bicyclic) bond motifs is 1. The Labute approximate surface area is 194 Å². The van der Waals surface area contributed by atoms with Gasteiger partial charge in [-0.15, -0.1) is 0 Å². The summed E-state index contributed by atoms with van der Waals surface area (Å²) in [5.74, 6) is -0.188. The van der Waals surface area contributed by atoms with Crippen LogP contribution >= 0.6 is 0 Å². The van der Waals surface area contributed by atoms with E-state index in [-0.39, 0.29) is 49.0 Å². The smallest absolute Gasteiger partial charge is 0.550 e. The average molecular weight is 407 g/mol. The number of rotatable bonds is 8. The summed E-state index contributed by atoms with van der Waals surface area (Å²) >= 11 is 0. The Morgan fingerprint density at radius 2 is 2.07 bits per heavy atom. The summed E-state index contributed by atoms with van der Waals surface area (Å²) in [4.78, 5) is 13.0. The zero-order valence-electron chi connectivity index (χ0n) is 17.5. The molecule has 0 spiro atoms. The number of hydrogen-bond acceptors (Lipinski definition) is 4. The summed E-state index contributed by atoms with van der Waals surface area (Å²) in [6.45, 7) is 6.69. The van der Waals surface area contributed by atoms with E-state index in [1.807, 2.05) is 12.1 Å². The van der Waals surface area contributed by atoms with E-state index in [9.17, 15) is 14.3 Å². The molecule has 1 heterocycles. The molecule has 0 bridgehead atoms. The van der Waals surface area contributed by atoms with Crippen molar-refractivity contribution in [3.8, 4) is 5.75 Å². The number of hydrogen-bond donors (Lipinski definition) is 0. The monoisotopic (exact) mass is 407 g/mol. The van der Waals surface area contributed by atoms with Crippen LogP contribution < -0.4 is 44.3 Å². The van der Waals surface area contributed by atoms with Crippen molar-refractivity contribution in [1.29, 1.82) is 0 Å². The van der Waals surface area contributed by atoms with Gasteiger partial charge in [-0.05, 0) is 60.4 Å². The molecule has 1 aliphatic rings. The first-order valence-corrected chi connectivity index (χ1v) is 9.91. The fourth-order valence-electron chi connectivity index (χ4n) is 3.72. The first kappa shape index (κ1) is 23.7. The maximum absolute atomic E-state index is 14.2. The molecule has 0 atom stereocenters. The largest absolute Gasteiger partial charge is 1.00 e. The van der Waals surface area contributed by atoms with E-state index in [4.69, 9.17) is 4.74 Å².